The molecule has 0 amide bonds. The molecule has 0 saturated carbocycles. The van der Waals surface area contributed by atoms with E-state index in [9.17, 15) is 0 Å². The van der Waals surface area contributed by atoms with E-state index in [2.05, 4.69) is 15.3 Å². The number of halogens is 1. The number of nitrogens with zero attached hydrogens (tertiary/aromatic N) is 2. The number of methoxy groups -OCH3 is 1. The summed E-state index contributed by atoms with van der Waals surface area (Å²) >= 11 is 5.92. The highest BCUT2D eigenvalue weighted by Gasteiger charge is 2.08. The van der Waals surface area contributed by atoms with E-state index in [4.69, 9.17) is 21.1 Å². The number of aryl methyl sites for hydroxylation is 1. The van der Waals surface area contributed by atoms with Crippen LogP contribution in [-0.2, 0) is 0 Å². The first-order valence-electron chi connectivity index (χ1n) is 6.61. The van der Waals surface area contributed by atoms with Crippen LogP contribution in [0.4, 0.5) is 11.5 Å². The second-order valence-electron chi connectivity index (χ2n) is 4.78. The minimum Gasteiger partial charge on any atom is -0.493 e. The van der Waals surface area contributed by atoms with E-state index < -0.39 is 0 Å². The number of benzene rings is 1. The van der Waals surface area contributed by atoms with Crippen molar-refractivity contribution in [1.29, 1.82) is 0 Å². The topological polar surface area (TPSA) is 56.3 Å². The summed E-state index contributed by atoms with van der Waals surface area (Å²) in [6.45, 7) is 5.73. The molecule has 0 aliphatic heterocycles. The number of rotatable bonds is 5. The lowest BCUT2D eigenvalue weighted by molar-refractivity contribution is 0.230. The highest BCUT2D eigenvalue weighted by Crippen LogP contribution is 2.32. The first-order valence-corrected chi connectivity index (χ1v) is 6.98. The molecule has 0 saturated heterocycles. The largest absolute Gasteiger partial charge is 0.493 e. The molecule has 0 spiro atoms. The van der Waals surface area contributed by atoms with Crippen LogP contribution in [-0.4, -0.2) is 23.2 Å². The Hall–Kier alpha value is -2.01. The van der Waals surface area contributed by atoms with Crippen LogP contribution in [0.2, 0.25) is 5.15 Å². The summed E-state index contributed by atoms with van der Waals surface area (Å²) in [6.07, 6.45) is 0.0843. The van der Waals surface area contributed by atoms with Gasteiger partial charge in [0.1, 0.15) is 16.8 Å². The molecule has 2 rings (SSSR count). The molecule has 0 radical (unpaired) electrons. The maximum atomic E-state index is 5.92. The molecular formula is C15H18ClN3O2. The second-order valence-corrected chi connectivity index (χ2v) is 5.17. The maximum absolute atomic E-state index is 5.92. The lowest BCUT2D eigenvalue weighted by atomic mass is 10.2. The van der Waals surface area contributed by atoms with Crippen LogP contribution >= 0.6 is 11.6 Å². The number of aromatic nitrogens is 2. The van der Waals surface area contributed by atoms with E-state index in [-0.39, 0.29) is 6.10 Å². The summed E-state index contributed by atoms with van der Waals surface area (Å²) in [5.74, 6) is 2.60. The van der Waals surface area contributed by atoms with E-state index in [0.29, 0.717) is 28.3 Å². The van der Waals surface area contributed by atoms with Crippen molar-refractivity contribution in [3.05, 3.63) is 35.2 Å². The van der Waals surface area contributed by atoms with E-state index in [1.165, 1.54) is 0 Å². The maximum Gasteiger partial charge on any atom is 0.162 e. The molecular weight excluding hydrogens is 290 g/mol. The predicted octanol–water partition coefficient (Wildman–Crippen LogP) is 3.98. The van der Waals surface area contributed by atoms with E-state index in [1.54, 1.807) is 20.1 Å². The minimum absolute atomic E-state index is 0.0843. The molecule has 0 bridgehead atoms. The van der Waals surface area contributed by atoms with Crippen LogP contribution in [0.25, 0.3) is 0 Å². The summed E-state index contributed by atoms with van der Waals surface area (Å²) in [4.78, 5) is 8.30. The zero-order chi connectivity index (χ0) is 15.4. The van der Waals surface area contributed by atoms with E-state index in [0.717, 1.165) is 5.69 Å². The molecule has 5 nitrogen and oxygen atoms in total. The fraction of sp³-hybridized carbons (Fsp3) is 0.333. The Balaban J connectivity index is 2.24. The molecule has 112 valence electrons. The van der Waals surface area contributed by atoms with Crippen LogP contribution < -0.4 is 14.8 Å². The summed E-state index contributed by atoms with van der Waals surface area (Å²) in [5.41, 5.74) is 0.831. The molecule has 6 heteroatoms. The molecule has 1 aromatic carbocycles. The van der Waals surface area contributed by atoms with E-state index >= 15 is 0 Å². The Kier molecular flexibility index (Phi) is 4.85. The average Bonchev–Trinajstić information content (AvgIpc) is 2.38. The quantitative estimate of drug-likeness (QED) is 0.847. The monoisotopic (exact) mass is 307 g/mol. The van der Waals surface area contributed by atoms with Gasteiger partial charge in [-0.05, 0) is 32.9 Å². The third-order valence-corrected chi connectivity index (χ3v) is 2.80. The molecule has 0 aliphatic carbocycles. The van der Waals surface area contributed by atoms with E-state index in [1.807, 2.05) is 32.0 Å². The molecule has 1 N–H and O–H groups in total. The molecule has 0 unspecified atom stereocenters. The van der Waals surface area contributed by atoms with Crippen molar-refractivity contribution in [2.45, 2.75) is 26.9 Å². The van der Waals surface area contributed by atoms with Crippen molar-refractivity contribution in [3.8, 4) is 11.5 Å². The molecule has 1 heterocycles. The molecule has 0 fully saturated rings. The van der Waals surface area contributed by atoms with Crippen molar-refractivity contribution in [2.75, 3.05) is 12.4 Å². The predicted molar refractivity (Wildman–Crippen MR) is 83.8 cm³/mol. The SMILES string of the molecule is COc1cc(Nc2cc(Cl)nc(C)n2)ccc1OC(C)C. The number of hydrogen-bond donors (Lipinski definition) is 1. The Morgan fingerprint density at radius 2 is 1.90 bits per heavy atom. The lowest BCUT2D eigenvalue weighted by Crippen LogP contribution is -2.07. The van der Waals surface area contributed by atoms with Crippen molar-refractivity contribution < 1.29 is 9.47 Å². The molecule has 0 aliphatic rings. The van der Waals surface area contributed by atoms with Crippen LogP contribution in [0.1, 0.15) is 19.7 Å². The Morgan fingerprint density at radius 1 is 1.14 bits per heavy atom. The van der Waals surface area contributed by atoms with Crippen LogP contribution in [0, 0.1) is 6.92 Å². The van der Waals surface area contributed by atoms with Gasteiger partial charge in [0.15, 0.2) is 11.5 Å². The number of nitrogens with one attached hydrogen (secondary N) is 1. The number of ether oxygens (including phenoxy) is 2. The third-order valence-electron chi connectivity index (χ3n) is 2.61. The highest BCUT2D eigenvalue weighted by atomic mass is 35.5. The van der Waals surface area contributed by atoms with Crippen LogP contribution in [0.5, 0.6) is 11.5 Å². The second kappa shape index (κ2) is 6.63. The van der Waals surface area contributed by atoms with Gasteiger partial charge < -0.3 is 14.8 Å². The Bertz CT molecular complexity index is 612. The number of anilines is 2. The minimum atomic E-state index is 0.0843. The third kappa shape index (κ3) is 4.23. The van der Waals surface area contributed by atoms with Gasteiger partial charge in [0, 0.05) is 17.8 Å². The van der Waals surface area contributed by atoms with Crippen molar-refractivity contribution in [3.63, 3.8) is 0 Å². The summed E-state index contributed by atoms with van der Waals surface area (Å²) in [5, 5.41) is 3.57. The zero-order valence-corrected chi connectivity index (χ0v) is 13.2. The fourth-order valence-electron chi connectivity index (χ4n) is 1.84. The van der Waals surface area contributed by atoms with Gasteiger partial charge in [0.25, 0.3) is 0 Å². The molecule has 1 aromatic heterocycles. The van der Waals surface area contributed by atoms with Gasteiger partial charge >= 0.3 is 0 Å². The Labute approximate surface area is 129 Å². The average molecular weight is 308 g/mol. The van der Waals surface area contributed by atoms with Crippen molar-refractivity contribution >= 4 is 23.1 Å². The van der Waals surface area contributed by atoms with Gasteiger partial charge in [0.2, 0.25) is 0 Å². The van der Waals surface area contributed by atoms with Gasteiger partial charge in [-0.2, -0.15) is 0 Å². The highest BCUT2D eigenvalue weighted by molar-refractivity contribution is 6.29. The first-order chi connectivity index (χ1) is 9.97. The summed E-state index contributed by atoms with van der Waals surface area (Å²) in [7, 11) is 1.61. The lowest BCUT2D eigenvalue weighted by Gasteiger charge is -2.15. The van der Waals surface area contributed by atoms with Gasteiger partial charge in [0.05, 0.1) is 13.2 Å². The summed E-state index contributed by atoms with van der Waals surface area (Å²) < 4.78 is 11.0. The van der Waals surface area contributed by atoms with Gasteiger partial charge in [-0.25, -0.2) is 9.97 Å². The summed E-state index contributed by atoms with van der Waals surface area (Å²) in [6, 6.07) is 7.27. The normalized spacial score (nSPS) is 10.6. The molecule has 2 aromatic rings. The zero-order valence-electron chi connectivity index (χ0n) is 12.5. The standard InChI is InChI=1S/C15H18ClN3O2/c1-9(2)21-12-6-5-11(7-13(12)20-4)19-15-8-14(16)17-10(3)18-15/h5-9H,1-4H3,(H,17,18,19). The molecule has 0 atom stereocenters. The fourth-order valence-corrected chi connectivity index (χ4v) is 2.07. The Morgan fingerprint density at radius 3 is 2.52 bits per heavy atom. The first kappa shape index (κ1) is 15.4. The number of hydrogen-bond acceptors (Lipinski definition) is 5. The van der Waals surface area contributed by atoms with Crippen LogP contribution in [0.15, 0.2) is 24.3 Å². The van der Waals surface area contributed by atoms with Gasteiger partial charge in [-0.1, -0.05) is 11.6 Å². The van der Waals surface area contributed by atoms with Gasteiger partial charge in [-0.3, -0.25) is 0 Å². The van der Waals surface area contributed by atoms with Crippen molar-refractivity contribution in [2.24, 2.45) is 0 Å². The van der Waals surface area contributed by atoms with Crippen LogP contribution in [0.3, 0.4) is 0 Å². The molecule has 21 heavy (non-hydrogen) atoms. The van der Waals surface area contributed by atoms with Crippen molar-refractivity contribution in [1.82, 2.24) is 9.97 Å². The smallest absolute Gasteiger partial charge is 0.162 e. The van der Waals surface area contributed by atoms with Gasteiger partial charge in [-0.15, -0.1) is 0 Å².